The first-order valence-corrected chi connectivity index (χ1v) is 10.1. The second-order valence-electron chi connectivity index (χ2n) is 6.50. The summed E-state index contributed by atoms with van der Waals surface area (Å²) in [5, 5.41) is 5.93. The van der Waals surface area contributed by atoms with Gasteiger partial charge in [-0.15, -0.1) is 0 Å². The Bertz CT molecular complexity index is 821. The van der Waals surface area contributed by atoms with E-state index in [9.17, 15) is 9.59 Å². The number of carbonyl (C=O) groups is 2. The first-order valence-electron chi connectivity index (χ1n) is 9.33. The van der Waals surface area contributed by atoms with Crippen molar-refractivity contribution in [3.63, 3.8) is 0 Å². The molecule has 2 aromatic rings. The van der Waals surface area contributed by atoms with Crippen LogP contribution >= 0.6 is 23.2 Å². The van der Waals surface area contributed by atoms with E-state index in [0.29, 0.717) is 34.4 Å². The van der Waals surface area contributed by atoms with Gasteiger partial charge in [0, 0.05) is 34.9 Å². The molecule has 0 heterocycles. The van der Waals surface area contributed by atoms with Gasteiger partial charge in [0.05, 0.1) is 5.02 Å². The van der Waals surface area contributed by atoms with Gasteiger partial charge in [0.15, 0.2) is 6.54 Å². The van der Waals surface area contributed by atoms with Crippen molar-refractivity contribution in [1.29, 1.82) is 0 Å². The van der Waals surface area contributed by atoms with Crippen molar-refractivity contribution < 1.29 is 14.9 Å². The normalized spacial score (nSPS) is 11.8. The van der Waals surface area contributed by atoms with Crippen molar-refractivity contribution in [2.75, 3.05) is 25.0 Å². The van der Waals surface area contributed by atoms with Crippen LogP contribution in [0.2, 0.25) is 10.0 Å². The van der Waals surface area contributed by atoms with Crippen LogP contribution in [0.25, 0.3) is 0 Å². The van der Waals surface area contributed by atoms with Gasteiger partial charge in [-0.1, -0.05) is 29.3 Å². The molecule has 0 radical (unpaired) electrons. The highest BCUT2D eigenvalue weighted by Crippen LogP contribution is 2.24. The van der Waals surface area contributed by atoms with Crippen molar-refractivity contribution in [2.45, 2.75) is 26.8 Å². The largest absolute Gasteiger partial charge is 0.339 e. The first-order chi connectivity index (χ1) is 13.3. The van der Waals surface area contributed by atoms with Gasteiger partial charge in [-0.2, -0.15) is 0 Å². The lowest BCUT2D eigenvalue weighted by molar-refractivity contribution is -0.682. The van der Waals surface area contributed by atoms with Crippen LogP contribution in [0.1, 0.15) is 42.7 Å². The van der Waals surface area contributed by atoms with Gasteiger partial charge >= 0.3 is 0 Å². The predicted molar refractivity (Wildman–Crippen MR) is 114 cm³/mol. The molecule has 0 bridgehead atoms. The van der Waals surface area contributed by atoms with Crippen LogP contribution in [-0.4, -0.2) is 36.3 Å². The van der Waals surface area contributed by atoms with E-state index in [-0.39, 0.29) is 24.4 Å². The zero-order chi connectivity index (χ0) is 20.7. The number of nitrogens with one attached hydrogen (secondary N) is 1. The van der Waals surface area contributed by atoms with Gasteiger partial charge in [0.2, 0.25) is 0 Å². The van der Waals surface area contributed by atoms with Crippen molar-refractivity contribution >= 4 is 40.7 Å². The summed E-state index contributed by atoms with van der Waals surface area (Å²) in [7, 11) is 0. The summed E-state index contributed by atoms with van der Waals surface area (Å²) < 4.78 is 0. The Morgan fingerprint density at radius 1 is 1.07 bits per heavy atom. The number of amides is 2. The van der Waals surface area contributed by atoms with Crippen LogP contribution in [0.5, 0.6) is 0 Å². The molecule has 0 aliphatic heterocycles. The molecule has 0 spiro atoms. The monoisotopic (exact) mass is 422 g/mol. The van der Waals surface area contributed by atoms with E-state index in [0.717, 1.165) is 5.56 Å². The van der Waals surface area contributed by atoms with Crippen LogP contribution in [0.3, 0.4) is 0 Å². The van der Waals surface area contributed by atoms with Gasteiger partial charge in [0.25, 0.3) is 11.8 Å². The summed E-state index contributed by atoms with van der Waals surface area (Å²) in [4.78, 5) is 26.3. The third-order valence-corrected chi connectivity index (χ3v) is 5.14. The van der Waals surface area contributed by atoms with Crippen LogP contribution in [0, 0.1) is 0 Å². The minimum absolute atomic E-state index is 0.00937. The van der Waals surface area contributed by atoms with Crippen molar-refractivity contribution in [3.8, 4) is 0 Å². The van der Waals surface area contributed by atoms with Gasteiger partial charge < -0.3 is 15.5 Å². The number of anilines is 1. The van der Waals surface area contributed by atoms with Gasteiger partial charge in [-0.05, 0) is 57.2 Å². The average Bonchev–Trinajstić information content (AvgIpc) is 2.67. The molecule has 150 valence electrons. The van der Waals surface area contributed by atoms with Crippen molar-refractivity contribution in [1.82, 2.24) is 4.90 Å². The van der Waals surface area contributed by atoms with Gasteiger partial charge in [0.1, 0.15) is 6.04 Å². The number of nitrogens with two attached hydrogens (primary N) is 1. The van der Waals surface area contributed by atoms with E-state index in [1.165, 1.54) is 0 Å². The number of nitrogens with zero attached hydrogens (tertiary/aromatic N) is 1. The third kappa shape index (κ3) is 5.96. The second kappa shape index (κ2) is 10.5. The summed E-state index contributed by atoms with van der Waals surface area (Å²) in [6.07, 6.45) is 0. The number of benzene rings is 2. The molecule has 3 N–H and O–H groups in total. The molecule has 2 aromatic carbocycles. The molecule has 2 amide bonds. The second-order valence-corrected chi connectivity index (χ2v) is 7.34. The standard InChI is InChI=1S/C21H25Cl2N3O2/c1-4-26(5-2)21(28)15-6-9-17(10-7-15)25-20(27)13-24-14(3)18-11-8-16(22)12-19(18)23/h6-12,14,24H,4-5,13H2,1-3H3,(H,25,27)/p+1/t14-/m0/s1. The molecule has 0 aliphatic carbocycles. The SMILES string of the molecule is CCN(CC)C(=O)c1ccc(NC(=O)C[NH2+][C@@H](C)c2ccc(Cl)cc2Cl)cc1. The first kappa shape index (κ1) is 22.2. The van der Waals surface area contributed by atoms with E-state index >= 15 is 0 Å². The quantitative estimate of drug-likeness (QED) is 0.680. The smallest absolute Gasteiger partial charge is 0.279 e. The Kier molecular flexibility index (Phi) is 8.30. The van der Waals surface area contributed by atoms with E-state index < -0.39 is 0 Å². The number of carbonyl (C=O) groups excluding carboxylic acids is 2. The number of hydrogen-bond acceptors (Lipinski definition) is 2. The van der Waals surface area contributed by atoms with Crippen molar-refractivity contribution in [2.24, 2.45) is 0 Å². The molecular formula is C21H26Cl2N3O2+. The maximum atomic E-state index is 12.3. The summed E-state index contributed by atoms with van der Waals surface area (Å²) in [6, 6.07) is 12.3. The number of quaternary nitrogens is 1. The summed E-state index contributed by atoms with van der Waals surface area (Å²) in [6.45, 7) is 7.46. The minimum Gasteiger partial charge on any atom is -0.339 e. The molecule has 2 rings (SSSR count). The molecular weight excluding hydrogens is 397 g/mol. The molecule has 28 heavy (non-hydrogen) atoms. The number of rotatable bonds is 8. The van der Waals surface area contributed by atoms with Crippen LogP contribution in [0.4, 0.5) is 5.69 Å². The van der Waals surface area contributed by atoms with Crippen LogP contribution < -0.4 is 10.6 Å². The van der Waals surface area contributed by atoms with Gasteiger partial charge in [-0.25, -0.2) is 0 Å². The fourth-order valence-electron chi connectivity index (χ4n) is 2.88. The maximum absolute atomic E-state index is 12.3. The van der Waals surface area contributed by atoms with E-state index in [1.807, 2.05) is 32.2 Å². The Hall–Kier alpha value is -2.08. The minimum atomic E-state index is -0.125. The van der Waals surface area contributed by atoms with Crippen molar-refractivity contribution in [3.05, 3.63) is 63.6 Å². The molecule has 0 fully saturated rings. The third-order valence-electron chi connectivity index (χ3n) is 4.58. The summed E-state index contributed by atoms with van der Waals surface area (Å²) >= 11 is 12.1. The molecule has 0 saturated carbocycles. The topological polar surface area (TPSA) is 66.0 Å². The molecule has 7 heteroatoms. The molecule has 0 unspecified atom stereocenters. The summed E-state index contributed by atoms with van der Waals surface area (Å²) in [5.74, 6) is -0.135. The molecule has 0 aliphatic rings. The number of hydrogen-bond donors (Lipinski definition) is 2. The Morgan fingerprint density at radius 3 is 2.29 bits per heavy atom. The van der Waals surface area contributed by atoms with Crippen LogP contribution in [-0.2, 0) is 4.79 Å². The molecule has 1 atom stereocenters. The fraction of sp³-hybridized carbons (Fsp3) is 0.333. The highest BCUT2D eigenvalue weighted by Gasteiger charge is 2.16. The fourth-order valence-corrected chi connectivity index (χ4v) is 3.46. The Labute approximate surface area is 176 Å². The van der Waals surface area contributed by atoms with E-state index in [4.69, 9.17) is 23.2 Å². The lowest BCUT2D eigenvalue weighted by Gasteiger charge is -2.18. The van der Waals surface area contributed by atoms with Crippen LogP contribution in [0.15, 0.2) is 42.5 Å². The molecule has 0 saturated heterocycles. The van der Waals surface area contributed by atoms with Gasteiger partial charge in [-0.3, -0.25) is 9.59 Å². The molecule has 5 nitrogen and oxygen atoms in total. The lowest BCUT2D eigenvalue weighted by Crippen LogP contribution is -2.86. The summed E-state index contributed by atoms with van der Waals surface area (Å²) in [5.41, 5.74) is 2.20. The Morgan fingerprint density at radius 2 is 1.71 bits per heavy atom. The Balaban J connectivity index is 1.90. The zero-order valence-electron chi connectivity index (χ0n) is 16.3. The number of halogens is 2. The van der Waals surface area contributed by atoms with E-state index in [1.54, 1.807) is 41.3 Å². The molecule has 0 aromatic heterocycles. The highest BCUT2D eigenvalue weighted by atomic mass is 35.5. The highest BCUT2D eigenvalue weighted by molar-refractivity contribution is 6.35. The van der Waals surface area contributed by atoms with E-state index in [2.05, 4.69) is 5.32 Å². The maximum Gasteiger partial charge on any atom is 0.279 e. The lowest BCUT2D eigenvalue weighted by atomic mass is 10.1. The zero-order valence-corrected chi connectivity index (χ0v) is 17.8. The predicted octanol–water partition coefficient (Wildman–Crippen LogP) is 3.74. The average molecular weight is 423 g/mol.